The van der Waals surface area contributed by atoms with Gasteiger partial charge in [-0.1, -0.05) is 52.5 Å². The van der Waals surface area contributed by atoms with Gasteiger partial charge in [-0.25, -0.2) is 4.79 Å². The number of benzene rings is 2. The van der Waals surface area contributed by atoms with Crippen LogP contribution in [0.5, 0.6) is 11.6 Å². The van der Waals surface area contributed by atoms with Crippen LogP contribution in [-0.4, -0.2) is 15.6 Å². The van der Waals surface area contributed by atoms with E-state index >= 15 is 0 Å². The molecule has 1 aromatic heterocycles. The van der Waals surface area contributed by atoms with Crippen LogP contribution < -0.4 is 10.2 Å². The van der Waals surface area contributed by atoms with Gasteiger partial charge in [0.15, 0.2) is 0 Å². The Hall–Kier alpha value is -2.18. The van der Waals surface area contributed by atoms with Crippen molar-refractivity contribution in [1.82, 2.24) is 4.57 Å². The highest BCUT2D eigenvalue weighted by Gasteiger charge is 2.23. The zero-order valence-electron chi connectivity index (χ0n) is 14.9. The molecular weight excluding hydrogens is 460 g/mol. The van der Waals surface area contributed by atoms with Crippen molar-refractivity contribution in [1.29, 1.82) is 0 Å². The van der Waals surface area contributed by atoms with Gasteiger partial charge in [0.05, 0.1) is 15.7 Å². The number of nitrogens with zero attached hydrogens (tertiary/aromatic N) is 1. The van der Waals surface area contributed by atoms with Crippen LogP contribution in [0.4, 0.5) is 0 Å². The Labute approximate surface area is 186 Å². The third kappa shape index (κ3) is 4.54. The van der Waals surface area contributed by atoms with Crippen molar-refractivity contribution in [3.8, 4) is 22.9 Å². The summed E-state index contributed by atoms with van der Waals surface area (Å²) >= 11 is 24.1. The van der Waals surface area contributed by atoms with Crippen molar-refractivity contribution < 1.29 is 14.6 Å². The Balaban J connectivity index is 2.28. The van der Waals surface area contributed by atoms with E-state index in [0.29, 0.717) is 32.9 Å². The van der Waals surface area contributed by atoms with Crippen molar-refractivity contribution in [2.24, 2.45) is 0 Å². The number of hydrogen-bond acceptors (Lipinski definition) is 3. The number of aromatic carboxylic acids is 1. The maximum Gasteiger partial charge on any atom is 0.341 e. The molecule has 0 spiro atoms. The number of carbonyl (C=O) groups is 1. The molecule has 0 atom stereocenters. The predicted molar refractivity (Wildman–Crippen MR) is 115 cm³/mol. The summed E-state index contributed by atoms with van der Waals surface area (Å²) in [5, 5.41) is 10.9. The summed E-state index contributed by atoms with van der Waals surface area (Å²) in [5.74, 6) is -0.940. The minimum atomic E-state index is -1.37. The fourth-order valence-electron chi connectivity index (χ4n) is 2.88. The first-order valence-corrected chi connectivity index (χ1v) is 9.83. The van der Waals surface area contributed by atoms with Gasteiger partial charge in [0.1, 0.15) is 11.3 Å². The van der Waals surface area contributed by atoms with Gasteiger partial charge in [-0.3, -0.25) is 4.79 Å². The fourth-order valence-corrected chi connectivity index (χ4v) is 3.69. The highest BCUT2D eigenvalue weighted by Crippen LogP contribution is 2.34. The van der Waals surface area contributed by atoms with Gasteiger partial charge >= 0.3 is 5.97 Å². The number of rotatable bonds is 5. The number of hydrogen-bond donors (Lipinski definition) is 1. The van der Waals surface area contributed by atoms with E-state index in [0.717, 1.165) is 6.07 Å². The fraction of sp³-hybridized carbons (Fsp3) is 0.100. The number of halogens is 4. The van der Waals surface area contributed by atoms with Crippen LogP contribution in [0.1, 0.15) is 17.3 Å². The Bertz CT molecular complexity index is 1150. The van der Waals surface area contributed by atoms with Crippen LogP contribution in [0.2, 0.25) is 20.1 Å². The first-order valence-electron chi connectivity index (χ1n) is 8.31. The third-order valence-corrected chi connectivity index (χ3v) is 5.23. The molecule has 0 amide bonds. The lowest BCUT2D eigenvalue weighted by Crippen LogP contribution is -2.21. The summed E-state index contributed by atoms with van der Waals surface area (Å²) in [6.07, 6.45) is 0. The van der Waals surface area contributed by atoms with Crippen molar-refractivity contribution in [2.75, 3.05) is 0 Å². The largest absolute Gasteiger partial charge is 0.477 e. The summed E-state index contributed by atoms with van der Waals surface area (Å²) < 4.78 is 7.39. The second kappa shape index (κ2) is 8.67. The molecule has 0 saturated carbocycles. The van der Waals surface area contributed by atoms with Gasteiger partial charge in [-0.05, 0) is 37.3 Å². The Morgan fingerprint density at radius 2 is 1.66 bits per heavy atom. The van der Waals surface area contributed by atoms with E-state index < -0.39 is 17.0 Å². The molecule has 150 valence electrons. The van der Waals surface area contributed by atoms with Gasteiger partial charge in [-0.15, -0.1) is 0 Å². The first-order chi connectivity index (χ1) is 13.7. The van der Waals surface area contributed by atoms with Crippen molar-refractivity contribution in [2.45, 2.75) is 13.5 Å². The van der Waals surface area contributed by atoms with Crippen LogP contribution >= 0.6 is 46.4 Å². The molecular formula is C20H13Cl4NO4. The van der Waals surface area contributed by atoms with E-state index in [2.05, 4.69) is 0 Å². The molecule has 2 aromatic carbocycles. The molecule has 9 heteroatoms. The molecule has 0 aliphatic heterocycles. The highest BCUT2D eigenvalue weighted by molar-refractivity contribution is 6.42. The van der Waals surface area contributed by atoms with E-state index in [1.807, 2.05) is 0 Å². The minimum absolute atomic E-state index is 0.127. The molecule has 0 fully saturated rings. The molecule has 0 saturated heterocycles. The standard InChI is InChI=1S/C20H13Cl4NO4/c1-2-25-17(29-13-7-11(21)6-12(22)8-13)9-16(26)18(20(27)28)19(25)10-3-4-14(23)15(24)5-10/h3-9H,2H2,1H3,(H,27,28). The molecule has 0 unspecified atom stereocenters. The Morgan fingerprint density at radius 3 is 2.21 bits per heavy atom. The lowest BCUT2D eigenvalue weighted by atomic mass is 10.0. The maximum atomic E-state index is 12.6. The van der Waals surface area contributed by atoms with E-state index in [-0.39, 0.29) is 16.6 Å². The smallest absolute Gasteiger partial charge is 0.341 e. The maximum absolute atomic E-state index is 12.6. The zero-order chi connectivity index (χ0) is 21.3. The molecule has 0 radical (unpaired) electrons. The monoisotopic (exact) mass is 471 g/mol. The first kappa shape index (κ1) is 21.5. The van der Waals surface area contributed by atoms with Crippen LogP contribution in [0.15, 0.2) is 47.3 Å². The summed E-state index contributed by atoms with van der Waals surface area (Å²) in [6, 6.07) is 10.3. The van der Waals surface area contributed by atoms with Crippen LogP contribution in [0.3, 0.4) is 0 Å². The summed E-state index contributed by atoms with van der Waals surface area (Å²) in [7, 11) is 0. The van der Waals surface area contributed by atoms with E-state index in [1.54, 1.807) is 17.6 Å². The number of pyridine rings is 1. The van der Waals surface area contributed by atoms with E-state index in [9.17, 15) is 14.7 Å². The Kier molecular flexibility index (Phi) is 6.44. The minimum Gasteiger partial charge on any atom is -0.477 e. The number of aromatic nitrogens is 1. The summed E-state index contributed by atoms with van der Waals surface area (Å²) in [5.41, 5.74) is -0.562. The van der Waals surface area contributed by atoms with Gasteiger partial charge in [-0.2, -0.15) is 0 Å². The number of carboxylic acid groups (broad SMARTS) is 1. The van der Waals surface area contributed by atoms with Crippen LogP contribution in [0, 0.1) is 0 Å². The molecule has 3 aromatic rings. The Morgan fingerprint density at radius 1 is 1.00 bits per heavy atom. The van der Waals surface area contributed by atoms with Crippen molar-refractivity contribution >= 4 is 52.4 Å². The van der Waals surface area contributed by atoms with Crippen LogP contribution in [0.25, 0.3) is 11.3 Å². The molecule has 0 aliphatic rings. The van der Waals surface area contributed by atoms with Crippen molar-refractivity contribution in [3.63, 3.8) is 0 Å². The zero-order valence-corrected chi connectivity index (χ0v) is 17.9. The van der Waals surface area contributed by atoms with E-state index in [1.165, 1.54) is 30.3 Å². The van der Waals surface area contributed by atoms with Gasteiger partial charge < -0.3 is 14.4 Å². The predicted octanol–water partition coefficient (Wildman–Crippen LogP) is 6.64. The molecule has 5 nitrogen and oxygen atoms in total. The molecule has 0 bridgehead atoms. The SMILES string of the molecule is CCn1c(Oc2cc(Cl)cc(Cl)c2)cc(=O)c(C(=O)O)c1-c1ccc(Cl)c(Cl)c1. The molecule has 1 N–H and O–H groups in total. The van der Waals surface area contributed by atoms with Gasteiger partial charge in [0.25, 0.3) is 0 Å². The van der Waals surface area contributed by atoms with Gasteiger partial charge in [0, 0.05) is 28.2 Å². The normalized spacial score (nSPS) is 10.8. The average Bonchev–Trinajstić information content (AvgIpc) is 2.62. The summed E-state index contributed by atoms with van der Waals surface area (Å²) in [6.45, 7) is 2.09. The topological polar surface area (TPSA) is 68.5 Å². The third-order valence-electron chi connectivity index (χ3n) is 4.06. The number of ether oxygens (including phenoxy) is 1. The lowest BCUT2D eigenvalue weighted by molar-refractivity contribution is 0.0695. The van der Waals surface area contributed by atoms with E-state index in [4.69, 9.17) is 51.1 Å². The van der Waals surface area contributed by atoms with Crippen molar-refractivity contribution in [3.05, 3.63) is 78.3 Å². The molecule has 3 rings (SSSR count). The summed E-state index contributed by atoms with van der Waals surface area (Å²) in [4.78, 5) is 24.5. The molecule has 0 aliphatic carbocycles. The second-order valence-electron chi connectivity index (χ2n) is 5.96. The number of carboxylic acids is 1. The van der Waals surface area contributed by atoms with Gasteiger partial charge in [0.2, 0.25) is 11.3 Å². The quantitative estimate of drug-likeness (QED) is 0.451. The molecule has 1 heterocycles. The highest BCUT2D eigenvalue weighted by atomic mass is 35.5. The lowest BCUT2D eigenvalue weighted by Gasteiger charge is -2.20. The average molecular weight is 473 g/mol. The molecule has 29 heavy (non-hydrogen) atoms. The second-order valence-corrected chi connectivity index (χ2v) is 7.64. The van der Waals surface area contributed by atoms with Crippen LogP contribution in [-0.2, 0) is 6.54 Å².